The lowest BCUT2D eigenvalue weighted by Gasteiger charge is -2.37. The zero-order valence-corrected chi connectivity index (χ0v) is 24.8. The van der Waals surface area contributed by atoms with Crippen LogP contribution in [0.4, 0.5) is 4.79 Å². The number of urea groups is 1. The molecule has 4 atom stereocenters. The molecular formula is C34H41N3O6. The van der Waals surface area contributed by atoms with Crippen molar-refractivity contribution < 1.29 is 28.9 Å². The van der Waals surface area contributed by atoms with Crippen LogP contribution in [0.25, 0.3) is 0 Å². The molecule has 1 aliphatic heterocycles. The minimum atomic E-state index is -0.804. The number of aliphatic hydroxyl groups excluding tert-OH is 1. The lowest BCUT2D eigenvalue weighted by atomic mass is 9.99. The summed E-state index contributed by atoms with van der Waals surface area (Å²) in [5, 5.41) is 15.0. The molecule has 3 N–H and O–H groups in total. The second kappa shape index (κ2) is 16.0. The van der Waals surface area contributed by atoms with E-state index in [9.17, 15) is 14.7 Å². The maximum absolute atomic E-state index is 12.6. The second-order valence-corrected chi connectivity index (χ2v) is 10.7. The number of nitrogens with one attached hydrogen (secondary N) is 2. The molecule has 0 saturated carbocycles. The molecule has 1 saturated heterocycles. The van der Waals surface area contributed by atoms with Gasteiger partial charge in [-0.3, -0.25) is 0 Å². The number of nitrogens with zero attached hydrogens (tertiary/aromatic N) is 1. The Morgan fingerprint density at radius 3 is 2.33 bits per heavy atom. The smallest absolute Gasteiger partial charge is 0.328 e. The number of hydrogen-bond acceptors (Lipinski definition) is 7. The van der Waals surface area contributed by atoms with Crippen molar-refractivity contribution in [2.45, 2.75) is 50.5 Å². The maximum atomic E-state index is 12.6. The molecule has 43 heavy (non-hydrogen) atoms. The third kappa shape index (κ3) is 9.49. The Kier molecular flexibility index (Phi) is 11.9. The number of likely N-dealkylation sites (N-methyl/N-ethyl adjacent to an activating group) is 1. The number of rotatable bonds is 13. The Balaban J connectivity index is 1.38. The topological polar surface area (TPSA) is 109 Å². The summed E-state index contributed by atoms with van der Waals surface area (Å²) in [6.45, 7) is 5.58. The Morgan fingerprint density at radius 2 is 1.67 bits per heavy atom. The van der Waals surface area contributed by atoms with Crippen molar-refractivity contribution in [2.75, 3.05) is 27.2 Å². The van der Waals surface area contributed by atoms with Crippen LogP contribution in [-0.2, 0) is 38.6 Å². The highest BCUT2D eigenvalue weighted by molar-refractivity contribution is 5.83. The van der Waals surface area contributed by atoms with Crippen LogP contribution in [0.1, 0.15) is 46.6 Å². The monoisotopic (exact) mass is 587 g/mol. The van der Waals surface area contributed by atoms with E-state index in [2.05, 4.69) is 22.1 Å². The number of amides is 2. The normalized spacial score (nSPS) is 18.9. The molecule has 2 amide bonds. The van der Waals surface area contributed by atoms with Gasteiger partial charge in [-0.15, -0.1) is 6.58 Å². The minimum absolute atomic E-state index is 0.00503. The van der Waals surface area contributed by atoms with E-state index in [0.29, 0.717) is 12.8 Å². The molecule has 4 rings (SSSR count). The van der Waals surface area contributed by atoms with Gasteiger partial charge in [0.2, 0.25) is 0 Å². The Morgan fingerprint density at radius 1 is 1.00 bits per heavy atom. The van der Waals surface area contributed by atoms with Crippen molar-refractivity contribution in [2.24, 2.45) is 0 Å². The maximum Gasteiger partial charge on any atom is 0.328 e. The molecule has 0 spiro atoms. The van der Waals surface area contributed by atoms with Gasteiger partial charge in [0.1, 0.15) is 6.04 Å². The van der Waals surface area contributed by atoms with Crippen molar-refractivity contribution in [1.82, 2.24) is 15.5 Å². The number of aliphatic hydroxyl groups is 1. The highest BCUT2D eigenvalue weighted by atomic mass is 16.7. The summed E-state index contributed by atoms with van der Waals surface area (Å²) in [7, 11) is 3.34. The van der Waals surface area contributed by atoms with Crippen LogP contribution in [0, 0.1) is 0 Å². The quantitative estimate of drug-likeness (QED) is 0.201. The standard InChI is InChI=1S/C34H41N3O6/c1-4-18-37(2)22-29-20-31(27-14-12-26(23-38)13-15-27)43-33(42-29)28-16-10-25(11-17-28)21-35-34(40)36-30(32(39)41-3)19-24-8-6-5-7-9-24/h4-17,29-31,33,38H,1,18-23H2,2-3H3,(H2,35,36,40)/t29-,30-,31+,33+/m0/s1. The number of carbonyl (C=O) groups excluding carboxylic acids is 2. The average Bonchev–Trinajstić information content (AvgIpc) is 3.03. The SMILES string of the molecule is C=CCN(C)C[C@@H]1C[C@H](c2ccc(CO)cc2)O[C@H](c2ccc(CNC(=O)N[C@@H](Cc3ccccc3)C(=O)OC)cc2)O1. The summed E-state index contributed by atoms with van der Waals surface area (Å²) in [6.07, 6.45) is 2.10. The fourth-order valence-electron chi connectivity index (χ4n) is 5.05. The predicted octanol–water partition coefficient (Wildman–Crippen LogP) is 4.43. The Labute approximate surface area is 253 Å². The Bertz CT molecular complexity index is 1320. The lowest BCUT2D eigenvalue weighted by molar-refractivity contribution is -0.252. The van der Waals surface area contributed by atoms with E-state index in [4.69, 9.17) is 14.2 Å². The van der Waals surface area contributed by atoms with E-state index in [-0.39, 0.29) is 25.4 Å². The van der Waals surface area contributed by atoms with Gasteiger partial charge in [-0.05, 0) is 29.3 Å². The van der Waals surface area contributed by atoms with Crippen molar-refractivity contribution >= 4 is 12.0 Å². The molecule has 0 bridgehead atoms. The van der Waals surface area contributed by atoms with Crippen LogP contribution in [-0.4, -0.2) is 61.4 Å². The van der Waals surface area contributed by atoms with E-state index < -0.39 is 24.3 Å². The van der Waals surface area contributed by atoms with Crippen molar-refractivity contribution in [3.8, 4) is 0 Å². The average molecular weight is 588 g/mol. The number of hydrogen-bond donors (Lipinski definition) is 3. The number of ether oxygens (including phenoxy) is 3. The number of methoxy groups -OCH3 is 1. The van der Waals surface area contributed by atoms with Gasteiger partial charge < -0.3 is 34.9 Å². The molecule has 1 fully saturated rings. The number of carbonyl (C=O) groups is 2. The van der Waals surface area contributed by atoms with Gasteiger partial charge in [0.25, 0.3) is 0 Å². The van der Waals surface area contributed by atoms with Gasteiger partial charge in [-0.1, -0.05) is 84.9 Å². The molecule has 9 nitrogen and oxygen atoms in total. The molecule has 1 heterocycles. The zero-order valence-electron chi connectivity index (χ0n) is 24.8. The molecule has 0 radical (unpaired) electrons. The highest BCUT2D eigenvalue weighted by Crippen LogP contribution is 2.38. The first-order valence-electron chi connectivity index (χ1n) is 14.4. The van der Waals surface area contributed by atoms with Gasteiger partial charge in [-0.2, -0.15) is 0 Å². The summed E-state index contributed by atoms with van der Waals surface area (Å²) in [6, 6.07) is 23.7. The zero-order chi connectivity index (χ0) is 30.6. The van der Waals surface area contributed by atoms with Crippen LogP contribution >= 0.6 is 0 Å². The molecule has 3 aromatic carbocycles. The summed E-state index contributed by atoms with van der Waals surface area (Å²) >= 11 is 0. The largest absolute Gasteiger partial charge is 0.467 e. The van der Waals surface area contributed by atoms with E-state index in [1.165, 1.54) is 7.11 Å². The first-order chi connectivity index (χ1) is 20.9. The Hall–Kier alpha value is -4.02. The second-order valence-electron chi connectivity index (χ2n) is 10.7. The fourth-order valence-corrected chi connectivity index (χ4v) is 5.05. The van der Waals surface area contributed by atoms with Gasteiger partial charge in [0.15, 0.2) is 6.29 Å². The molecule has 1 aliphatic rings. The third-order valence-corrected chi connectivity index (χ3v) is 7.35. The van der Waals surface area contributed by atoms with Crippen LogP contribution in [0.15, 0.2) is 91.5 Å². The van der Waals surface area contributed by atoms with Crippen LogP contribution in [0.2, 0.25) is 0 Å². The van der Waals surface area contributed by atoms with Gasteiger partial charge in [-0.25, -0.2) is 9.59 Å². The molecule has 0 unspecified atom stereocenters. The van der Waals surface area contributed by atoms with Gasteiger partial charge in [0.05, 0.1) is 25.9 Å². The van der Waals surface area contributed by atoms with E-state index in [0.717, 1.165) is 40.9 Å². The summed E-state index contributed by atoms with van der Waals surface area (Å²) < 4.78 is 17.7. The summed E-state index contributed by atoms with van der Waals surface area (Å²) in [4.78, 5) is 27.1. The van der Waals surface area contributed by atoms with Gasteiger partial charge in [0, 0.05) is 38.0 Å². The summed E-state index contributed by atoms with van der Waals surface area (Å²) in [5.41, 5.74) is 4.55. The third-order valence-electron chi connectivity index (χ3n) is 7.35. The first-order valence-corrected chi connectivity index (χ1v) is 14.4. The molecule has 9 heteroatoms. The number of esters is 1. The van der Waals surface area contributed by atoms with E-state index in [1.54, 1.807) is 0 Å². The van der Waals surface area contributed by atoms with Crippen LogP contribution < -0.4 is 10.6 Å². The molecule has 0 aliphatic carbocycles. The molecule has 3 aromatic rings. The lowest BCUT2D eigenvalue weighted by Crippen LogP contribution is -2.47. The predicted molar refractivity (Wildman–Crippen MR) is 164 cm³/mol. The molecule has 0 aromatic heterocycles. The highest BCUT2D eigenvalue weighted by Gasteiger charge is 2.32. The molecule has 228 valence electrons. The first kappa shape index (κ1) is 31.9. The van der Waals surface area contributed by atoms with Crippen molar-refractivity contribution in [3.63, 3.8) is 0 Å². The van der Waals surface area contributed by atoms with Crippen molar-refractivity contribution in [3.05, 3.63) is 119 Å². The van der Waals surface area contributed by atoms with Crippen LogP contribution in [0.5, 0.6) is 0 Å². The van der Waals surface area contributed by atoms with Gasteiger partial charge >= 0.3 is 12.0 Å². The van der Waals surface area contributed by atoms with Crippen LogP contribution in [0.3, 0.4) is 0 Å². The van der Waals surface area contributed by atoms with Crippen molar-refractivity contribution in [1.29, 1.82) is 0 Å². The minimum Gasteiger partial charge on any atom is -0.467 e. The van der Waals surface area contributed by atoms with E-state index >= 15 is 0 Å². The fraction of sp³-hybridized carbons (Fsp3) is 0.353. The summed E-state index contributed by atoms with van der Waals surface area (Å²) in [5.74, 6) is -0.507. The van der Waals surface area contributed by atoms with E-state index in [1.807, 2.05) is 92.0 Å². The number of benzene rings is 3. The molecular weight excluding hydrogens is 546 g/mol.